The summed E-state index contributed by atoms with van der Waals surface area (Å²) in [5.74, 6) is 0.0227. The Bertz CT molecular complexity index is 594. The molecule has 17 heavy (non-hydrogen) atoms. The van der Waals surface area contributed by atoms with E-state index in [2.05, 4.69) is 5.32 Å². The standard InChI is InChI=1S/C11H11N3O2S/c1-17(15,16)5-4-14-11-3-2-9(7-12)10(6-11)8-13/h2-3,6,14H,4-5H2,1H3. The molecule has 0 radical (unpaired) electrons. The molecule has 0 bridgehead atoms. The van der Waals surface area contributed by atoms with Crippen LogP contribution in [-0.4, -0.2) is 27.0 Å². The van der Waals surface area contributed by atoms with Gasteiger partial charge in [-0.15, -0.1) is 0 Å². The fourth-order valence-corrected chi connectivity index (χ4v) is 1.70. The molecule has 0 spiro atoms. The van der Waals surface area contributed by atoms with Crippen molar-refractivity contribution in [2.45, 2.75) is 0 Å². The third-order valence-electron chi connectivity index (χ3n) is 2.06. The number of sulfone groups is 1. The van der Waals surface area contributed by atoms with Crippen LogP contribution in [0.3, 0.4) is 0 Å². The number of anilines is 1. The van der Waals surface area contributed by atoms with E-state index in [1.54, 1.807) is 6.07 Å². The lowest BCUT2D eigenvalue weighted by molar-refractivity contribution is 0.602. The highest BCUT2D eigenvalue weighted by atomic mass is 32.2. The Kier molecular flexibility index (Phi) is 4.08. The van der Waals surface area contributed by atoms with Gasteiger partial charge in [-0.2, -0.15) is 10.5 Å². The van der Waals surface area contributed by atoms with Gasteiger partial charge in [-0.3, -0.25) is 0 Å². The van der Waals surface area contributed by atoms with Crippen molar-refractivity contribution in [3.8, 4) is 12.1 Å². The molecule has 0 heterocycles. The van der Waals surface area contributed by atoms with Crippen LogP contribution >= 0.6 is 0 Å². The van der Waals surface area contributed by atoms with E-state index >= 15 is 0 Å². The van der Waals surface area contributed by atoms with Crippen LogP contribution in [0.1, 0.15) is 11.1 Å². The van der Waals surface area contributed by atoms with Gasteiger partial charge in [-0.25, -0.2) is 8.42 Å². The molecule has 0 fully saturated rings. The molecule has 1 N–H and O–H groups in total. The molecule has 0 saturated heterocycles. The average Bonchev–Trinajstić information content (AvgIpc) is 2.27. The summed E-state index contributed by atoms with van der Waals surface area (Å²) in [5, 5.41) is 20.4. The smallest absolute Gasteiger partial charge is 0.149 e. The molecule has 0 aromatic heterocycles. The SMILES string of the molecule is CS(=O)(=O)CCNc1ccc(C#N)c(C#N)c1. The first-order valence-corrected chi connectivity index (χ1v) is 6.88. The predicted octanol–water partition coefficient (Wildman–Crippen LogP) is 0.886. The number of rotatable bonds is 4. The minimum atomic E-state index is -3.00. The van der Waals surface area contributed by atoms with Crippen molar-refractivity contribution >= 4 is 15.5 Å². The third-order valence-corrected chi connectivity index (χ3v) is 3.01. The second-order valence-electron chi connectivity index (χ2n) is 3.54. The van der Waals surface area contributed by atoms with Crippen molar-refractivity contribution in [2.75, 3.05) is 23.9 Å². The molecule has 1 aromatic carbocycles. The minimum Gasteiger partial charge on any atom is -0.384 e. The monoisotopic (exact) mass is 249 g/mol. The highest BCUT2D eigenvalue weighted by molar-refractivity contribution is 7.90. The lowest BCUT2D eigenvalue weighted by Crippen LogP contribution is -2.14. The van der Waals surface area contributed by atoms with Crippen molar-refractivity contribution in [2.24, 2.45) is 0 Å². The van der Waals surface area contributed by atoms with Crippen LogP contribution in [0.5, 0.6) is 0 Å². The van der Waals surface area contributed by atoms with Crippen LogP contribution in [0.25, 0.3) is 0 Å². The number of nitriles is 2. The Morgan fingerprint density at radius 3 is 2.41 bits per heavy atom. The van der Waals surface area contributed by atoms with Gasteiger partial charge in [0.1, 0.15) is 22.0 Å². The Balaban J connectivity index is 2.75. The van der Waals surface area contributed by atoms with Crippen LogP contribution in [-0.2, 0) is 9.84 Å². The second-order valence-corrected chi connectivity index (χ2v) is 5.80. The molecule has 0 aliphatic rings. The molecule has 0 atom stereocenters. The highest BCUT2D eigenvalue weighted by Gasteiger charge is 2.04. The van der Waals surface area contributed by atoms with Crippen molar-refractivity contribution < 1.29 is 8.42 Å². The van der Waals surface area contributed by atoms with E-state index in [-0.39, 0.29) is 17.9 Å². The summed E-state index contributed by atoms with van der Waals surface area (Å²) in [6.07, 6.45) is 1.16. The summed E-state index contributed by atoms with van der Waals surface area (Å²) in [6, 6.07) is 8.52. The molecular weight excluding hydrogens is 238 g/mol. The fourth-order valence-electron chi connectivity index (χ4n) is 1.22. The van der Waals surface area contributed by atoms with Crippen LogP contribution < -0.4 is 5.32 Å². The van der Waals surface area contributed by atoms with Gasteiger partial charge in [0.25, 0.3) is 0 Å². The molecule has 1 aromatic rings. The molecule has 88 valence electrons. The Morgan fingerprint density at radius 2 is 1.88 bits per heavy atom. The van der Waals surface area contributed by atoms with Gasteiger partial charge >= 0.3 is 0 Å². The van der Waals surface area contributed by atoms with E-state index in [1.165, 1.54) is 12.1 Å². The maximum atomic E-state index is 10.9. The van der Waals surface area contributed by atoms with Gasteiger partial charge < -0.3 is 5.32 Å². The lowest BCUT2D eigenvalue weighted by atomic mass is 10.1. The second kappa shape index (κ2) is 5.33. The molecule has 5 nitrogen and oxygen atoms in total. The van der Waals surface area contributed by atoms with Crippen LogP contribution in [0, 0.1) is 22.7 Å². The normalized spacial score (nSPS) is 10.3. The molecule has 0 amide bonds. The van der Waals surface area contributed by atoms with E-state index < -0.39 is 9.84 Å². The third kappa shape index (κ3) is 4.13. The highest BCUT2D eigenvalue weighted by Crippen LogP contribution is 2.14. The quantitative estimate of drug-likeness (QED) is 0.855. The Morgan fingerprint density at radius 1 is 1.24 bits per heavy atom. The molecule has 0 saturated carbocycles. The summed E-state index contributed by atoms with van der Waals surface area (Å²) < 4.78 is 21.8. The van der Waals surface area contributed by atoms with Crippen LogP contribution in [0.15, 0.2) is 18.2 Å². The van der Waals surface area contributed by atoms with Crippen molar-refractivity contribution in [1.29, 1.82) is 10.5 Å². The van der Waals surface area contributed by atoms with Gasteiger partial charge in [0, 0.05) is 18.5 Å². The van der Waals surface area contributed by atoms with Gasteiger partial charge in [-0.1, -0.05) is 0 Å². The first-order chi connectivity index (χ1) is 7.96. The fraction of sp³-hybridized carbons (Fsp3) is 0.273. The van der Waals surface area contributed by atoms with Gasteiger partial charge in [-0.05, 0) is 18.2 Å². The zero-order chi connectivity index (χ0) is 12.9. The van der Waals surface area contributed by atoms with Crippen molar-refractivity contribution in [3.63, 3.8) is 0 Å². The van der Waals surface area contributed by atoms with Crippen molar-refractivity contribution in [1.82, 2.24) is 0 Å². The summed E-state index contributed by atoms with van der Waals surface area (Å²) in [4.78, 5) is 0. The zero-order valence-corrected chi connectivity index (χ0v) is 10.1. The number of benzene rings is 1. The van der Waals surface area contributed by atoms with Gasteiger partial charge in [0.15, 0.2) is 0 Å². The first-order valence-electron chi connectivity index (χ1n) is 4.82. The Labute approximate surface area is 100 Å². The van der Waals surface area contributed by atoms with Crippen LogP contribution in [0.4, 0.5) is 5.69 Å². The van der Waals surface area contributed by atoms with E-state index in [0.717, 1.165) is 6.26 Å². The molecule has 1 rings (SSSR count). The summed E-state index contributed by atoms with van der Waals surface area (Å²) in [7, 11) is -3.00. The maximum absolute atomic E-state index is 10.9. The van der Waals surface area contributed by atoms with E-state index in [1.807, 2.05) is 12.1 Å². The minimum absolute atomic E-state index is 0.0227. The topological polar surface area (TPSA) is 93.8 Å². The van der Waals surface area contributed by atoms with Gasteiger partial charge in [0.05, 0.1) is 16.9 Å². The molecule has 6 heteroatoms. The predicted molar refractivity (Wildman–Crippen MR) is 64.1 cm³/mol. The van der Waals surface area contributed by atoms with Gasteiger partial charge in [0.2, 0.25) is 0 Å². The zero-order valence-electron chi connectivity index (χ0n) is 9.27. The van der Waals surface area contributed by atoms with E-state index in [9.17, 15) is 8.42 Å². The molecular formula is C11H11N3O2S. The number of nitrogens with one attached hydrogen (secondary N) is 1. The number of hydrogen-bond acceptors (Lipinski definition) is 5. The van der Waals surface area contributed by atoms with E-state index in [4.69, 9.17) is 10.5 Å². The van der Waals surface area contributed by atoms with E-state index in [0.29, 0.717) is 11.3 Å². The Hall–Kier alpha value is -2.05. The maximum Gasteiger partial charge on any atom is 0.149 e. The average molecular weight is 249 g/mol. The number of nitrogens with zero attached hydrogens (tertiary/aromatic N) is 2. The number of hydrogen-bond donors (Lipinski definition) is 1. The molecule has 0 unspecified atom stereocenters. The summed E-state index contributed by atoms with van der Waals surface area (Å²) in [6.45, 7) is 0.273. The summed E-state index contributed by atoms with van der Waals surface area (Å²) in [5.41, 5.74) is 1.21. The largest absolute Gasteiger partial charge is 0.384 e. The summed E-state index contributed by atoms with van der Waals surface area (Å²) >= 11 is 0. The lowest BCUT2D eigenvalue weighted by Gasteiger charge is -2.06. The van der Waals surface area contributed by atoms with Crippen LogP contribution in [0.2, 0.25) is 0 Å². The molecule has 0 aliphatic carbocycles. The van der Waals surface area contributed by atoms with Crippen molar-refractivity contribution in [3.05, 3.63) is 29.3 Å². The first kappa shape index (κ1) is 13.0. The molecule has 0 aliphatic heterocycles.